The van der Waals surface area contributed by atoms with Crippen LogP contribution >= 0.6 is 0 Å². The summed E-state index contributed by atoms with van der Waals surface area (Å²) in [5.41, 5.74) is 1.52. The summed E-state index contributed by atoms with van der Waals surface area (Å²) in [6, 6.07) is 7.82. The first-order valence-corrected chi connectivity index (χ1v) is 7.74. The van der Waals surface area contributed by atoms with Crippen LogP contribution in [0.1, 0.15) is 28.9 Å². The minimum Gasteiger partial charge on any atom is -0.497 e. The molecule has 0 unspecified atom stereocenters. The van der Waals surface area contributed by atoms with Crippen LogP contribution in [0.5, 0.6) is 5.75 Å². The van der Waals surface area contributed by atoms with Gasteiger partial charge in [-0.2, -0.15) is 0 Å². The third kappa shape index (κ3) is 3.77. The molecule has 0 radical (unpaired) electrons. The van der Waals surface area contributed by atoms with E-state index in [0.717, 1.165) is 37.2 Å². The molecule has 2 heterocycles. The Hall–Kier alpha value is -2.63. The first-order chi connectivity index (χ1) is 11.3. The molecule has 6 heteroatoms. The molecule has 1 aliphatic heterocycles. The molecule has 0 atom stereocenters. The summed E-state index contributed by atoms with van der Waals surface area (Å²) in [7, 11) is 1.65. The van der Waals surface area contributed by atoms with Gasteiger partial charge >= 0.3 is 0 Å². The molecular formula is C17H20N4O2. The lowest BCUT2D eigenvalue weighted by atomic mass is 10.2. The summed E-state index contributed by atoms with van der Waals surface area (Å²) in [4.78, 5) is 22.5. The van der Waals surface area contributed by atoms with Gasteiger partial charge in [0.25, 0.3) is 5.91 Å². The average molecular weight is 312 g/mol. The van der Waals surface area contributed by atoms with Crippen LogP contribution in [0.3, 0.4) is 0 Å². The third-order valence-electron chi connectivity index (χ3n) is 3.90. The van der Waals surface area contributed by atoms with Crippen molar-refractivity contribution >= 4 is 11.7 Å². The molecule has 1 aromatic carbocycles. The van der Waals surface area contributed by atoms with E-state index in [4.69, 9.17) is 4.74 Å². The molecule has 23 heavy (non-hydrogen) atoms. The Morgan fingerprint density at radius 1 is 1.17 bits per heavy atom. The molecule has 0 spiro atoms. The third-order valence-corrected chi connectivity index (χ3v) is 3.90. The van der Waals surface area contributed by atoms with E-state index in [2.05, 4.69) is 15.3 Å². The first kappa shape index (κ1) is 15.3. The van der Waals surface area contributed by atoms with Gasteiger partial charge in [0.1, 0.15) is 17.3 Å². The zero-order valence-electron chi connectivity index (χ0n) is 13.2. The van der Waals surface area contributed by atoms with Gasteiger partial charge in [-0.05, 0) is 30.5 Å². The predicted molar refractivity (Wildman–Crippen MR) is 87.5 cm³/mol. The molecular weight excluding hydrogens is 292 g/mol. The average Bonchev–Trinajstić information content (AvgIpc) is 3.15. The molecule has 0 bridgehead atoms. The fourth-order valence-electron chi connectivity index (χ4n) is 2.55. The highest BCUT2D eigenvalue weighted by Gasteiger charge is 2.20. The second kappa shape index (κ2) is 7.09. The van der Waals surface area contributed by atoms with Gasteiger partial charge < -0.3 is 15.0 Å². The molecule has 1 saturated heterocycles. The maximum Gasteiger partial charge on any atom is 0.274 e. The number of methoxy groups -OCH3 is 1. The molecule has 0 saturated carbocycles. The van der Waals surface area contributed by atoms with Crippen LogP contribution in [0.4, 0.5) is 5.82 Å². The summed E-state index contributed by atoms with van der Waals surface area (Å²) >= 11 is 0. The van der Waals surface area contributed by atoms with Gasteiger partial charge in [0, 0.05) is 19.6 Å². The Morgan fingerprint density at radius 2 is 1.91 bits per heavy atom. The number of carbonyl (C=O) groups is 1. The monoisotopic (exact) mass is 312 g/mol. The van der Waals surface area contributed by atoms with Crippen molar-refractivity contribution < 1.29 is 9.53 Å². The van der Waals surface area contributed by atoms with E-state index >= 15 is 0 Å². The molecule has 3 rings (SSSR count). The van der Waals surface area contributed by atoms with Crippen LogP contribution in [0, 0.1) is 0 Å². The molecule has 120 valence electrons. The van der Waals surface area contributed by atoms with Crippen molar-refractivity contribution in [3.05, 3.63) is 47.9 Å². The molecule has 6 nitrogen and oxygen atoms in total. The van der Waals surface area contributed by atoms with Gasteiger partial charge in [0.05, 0.1) is 19.5 Å². The number of amides is 1. The number of ether oxygens (including phenoxy) is 1. The van der Waals surface area contributed by atoms with E-state index < -0.39 is 0 Å². The van der Waals surface area contributed by atoms with E-state index in [9.17, 15) is 4.79 Å². The second-order valence-electron chi connectivity index (χ2n) is 5.49. The van der Waals surface area contributed by atoms with E-state index in [1.807, 2.05) is 29.2 Å². The molecule has 2 aromatic rings. The minimum absolute atomic E-state index is 0.0308. The highest BCUT2D eigenvalue weighted by molar-refractivity contribution is 5.92. The summed E-state index contributed by atoms with van der Waals surface area (Å²) in [6.07, 6.45) is 5.28. The molecule has 1 fully saturated rings. The number of anilines is 1. The lowest BCUT2D eigenvalue weighted by Gasteiger charge is -2.14. The van der Waals surface area contributed by atoms with Crippen LogP contribution in [-0.2, 0) is 6.54 Å². The lowest BCUT2D eigenvalue weighted by Crippen LogP contribution is -2.28. The Kier molecular flexibility index (Phi) is 4.71. The molecule has 0 aliphatic carbocycles. The second-order valence-corrected chi connectivity index (χ2v) is 5.49. The zero-order valence-corrected chi connectivity index (χ0v) is 13.2. The number of benzene rings is 1. The maximum atomic E-state index is 12.2. The highest BCUT2D eigenvalue weighted by atomic mass is 16.5. The standard InChI is InChI=1S/C17H20N4O2/c1-23-14-6-4-13(5-7-14)10-19-16-12-18-15(11-20-16)17(22)21-8-2-3-9-21/h4-7,11-12H,2-3,8-10H2,1H3,(H,19,20). The van der Waals surface area contributed by atoms with E-state index in [-0.39, 0.29) is 5.91 Å². The topological polar surface area (TPSA) is 67.3 Å². The Labute approximate surface area is 135 Å². The number of carbonyl (C=O) groups excluding carboxylic acids is 1. The SMILES string of the molecule is COc1ccc(CNc2cnc(C(=O)N3CCCC3)cn2)cc1. The Morgan fingerprint density at radius 3 is 2.52 bits per heavy atom. The maximum absolute atomic E-state index is 12.2. The number of aromatic nitrogens is 2. The molecule has 1 N–H and O–H groups in total. The van der Waals surface area contributed by atoms with Crippen molar-refractivity contribution in [3.8, 4) is 5.75 Å². The van der Waals surface area contributed by atoms with E-state index in [1.165, 1.54) is 6.20 Å². The van der Waals surface area contributed by atoms with Gasteiger partial charge in [-0.25, -0.2) is 9.97 Å². The first-order valence-electron chi connectivity index (χ1n) is 7.74. The summed E-state index contributed by atoms with van der Waals surface area (Å²) in [5, 5.41) is 3.19. The van der Waals surface area contributed by atoms with Gasteiger partial charge in [0.15, 0.2) is 0 Å². The van der Waals surface area contributed by atoms with Crippen LogP contribution in [0.2, 0.25) is 0 Å². The number of hydrogen-bond donors (Lipinski definition) is 1. The molecule has 1 amide bonds. The van der Waals surface area contributed by atoms with Crippen LogP contribution in [0.15, 0.2) is 36.7 Å². The quantitative estimate of drug-likeness (QED) is 0.918. The van der Waals surface area contributed by atoms with Crippen molar-refractivity contribution in [1.82, 2.24) is 14.9 Å². The van der Waals surface area contributed by atoms with Gasteiger partial charge in [0.2, 0.25) is 0 Å². The van der Waals surface area contributed by atoms with Crippen LogP contribution < -0.4 is 10.1 Å². The summed E-state index contributed by atoms with van der Waals surface area (Å²) in [5.74, 6) is 1.45. The van der Waals surface area contributed by atoms with E-state index in [0.29, 0.717) is 18.1 Å². The van der Waals surface area contributed by atoms with Crippen molar-refractivity contribution in [3.63, 3.8) is 0 Å². The van der Waals surface area contributed by atoms with Crippen LogP contribution in [-0.4, -0.2) is 41.0 Å². The number of nitrogens with one attached hydrogen (secondary N) is 1. The van der Waals surface area contributed by atoms with Gasteiger partial charge in [-0.15, -0.1) is 0 Å². The normalized spacial score (nSPS) is 13.9. The Bertz CT molecular complexity index is 649. The van der Waals surface area contributed by atoms with Crippen molar-refractivity contribution in [2.75, 3.05) is 25.5 Å². The molecule has 1 aromatic heterocycles. The van der Waals surface area contributed by atoms with Crippen molar-refractivity contribution in [2.24, 2.45) is 0 Å². The Balaban J connectivity index is 1.57. The number of hydrogen-bond acceptors (Lipinski definition) is 5. The largest absolute Gasteiger partial charge is 0.497 e. The fraction of sp³-hybridized carbons (Fsp3) is 0.353. The zero-order chi connectivity index (χ0) is 16.1. The van der Waals surface area contributed by atoms with Gasteiger partial charge in [-0.1, -0.05) is 12.1 Å². The van der Waals surface area contributed by atoms with Crippen molar-refractivity contribution in [1.29, 1.82) is 0 Å². The number of nitrogens with zero attached hydrogens (tertiary/aromatic N) is 3. The summed E-state index contributed by atoms with van der Waals surface area (Å²) < 4.78 is 5.13. The fourth-order valence-corrected chi connectivity index (χ4v) is 2.55. The van der Waals surface area contributed by atoms with Crippen molar-refractivity contribution in [2.45, 2.75) is 19.4 Å². The summed E-state index contributed by atoms with van der Waals surface area (Å²) in [6.45, 7) is 2.27. The molecule has 1 aliphatic rings. The predicted octanol–water partition coefficient (Wildman–Crippen LogP) is 2.33. The van der Waals surface area contributed by atoms with Gasteiger partial charge in [-0.3, -0.25) is 4.79 Å². The van der Waals surface area contributed by atoms with E-state index in [1.54, 1.807) is 13.3 Å². The minimum atomic E-state index is -0.0308. The number of likely N-dealkylation sites (tertiary alicyclic amines) is 1. The smallest absolute Gasteiger partial charge is 0.274 e. The highest BCUT2D eigenvalue weighted by Crippen LogP contribution is 2.14. The lowest BCUT2D eigenvalue weighted by molar-refractivity contribution is 0.0786. The number of rotatable bonds is 5. The van der Waals surface area contributed by atoms with Crippen LogP contribution in [0.25, 0.3) is 0 Å².